The maximum atomic E-state index is 6.63. The van der Waals surface area contributed by atoms with Crippen LogP contribution in [-0.2, 0) is 0 Å². The first-order valence-electron chi connectivity index (χ1n) is 23.8. The molecule has 0 spiro atoms. The number of hydrogen-bond acceptors (Lipinski definition) is 3. The predicted molar refractivity (Wildman–Crippen MR) is 294 cm³/mol. The topological polar surface area (TPSA) is 24.6 Å². The van der Waals surface area contributed by atoms with Crippen LogP contribution in [0.4, 0.5) is 34.1 Å². The fraction of sp³-hybridized carbons (Fsp3) is 0. The molecule has 11 aromatic carbocycles. The van der Waals surface area contributed by atoms with E-state index in [1.165, 1.54) is 44.1 Å². The van der Waals surface area contributed by atoms with Crippen molar-refractivity contribution in [1.29, 1.82) is 0 Å². The number of fused-ring (bicyclic) bond motifs is 6. The van der Waals surface area contributed by atoms with Gasteiger partial charge in [0.15, 0.2) is 5.58 Å². The number of anilines is 6. The molecule has 0 radical (unpaired) electrons. The Balaban J connectivity index is 0.881. The van der Waals surface area contributed by atoms with Crippen molar-refractivity contribution in [3.05, 3.63) is 273 Å². The van der Waals surface area contributed by atoms with Gasteiger partial charge in [0, 0.05) is 55.7 Å². The number of furan rings is 1. The first-order chi connectivity index (χ1) is 34.7. The van der Waals surface area contributed by atoms with Crippen molar-refractivity contribution in [2.45, 2.75) is 0 Å². The first-order valence-corrected chi connectivity index (χ1v) is 23.8. The van der Waals surface area contributed by atoms with Crippen LogP contribution in [0.2, 0.25) is 0 Å². The molecule has 0 aliphatic heterocycles. The molecule has 0 atom stereocenters. The van der Waals surface area contributed by atoms with Gasteiger partial charge in [0.25, 0.3) is 0 Å². The van der Waals surface area contributed by atoms with E-state index in [0.717, 1.165) is 72.9 Å². The van der Waals surface area contributed by atoms with Crippen LogP contribution in [0.5, 0.6) is 0 Å². The lowest BCUT2D eigenvalue weighted by atomic mass is 10.0. The molecule has 330 valence electrons. The highest BCUT2D eigenvalue weighted by atomic mass is 16.3. The highest BCUT2D eigenvalue weighted by Crippen LogP contribution is 2.44. The average Bonchev–Trinajstić information content (AvgIpc) is 3.99. The van der Waals surface area contributed by atoms with Gasteiger partial charge in [-0.3, -0.25) is 0 Å². The van der Waals surface area contributed by atoms with E-state index in [4.69, 9.17) is 4.42 Å². The summed E-state index contributed by atoms with van der Waals surface area (Å²) < 4.78 is 9.00. The van der Waals surface area contributed by atoms with E-state index in [9.17, 15) is 0 Å². The van der Waals surface area contributed by atoms with Gasteiger partial charge in [-0.05, 0) is 130 Å². The van der Waals surface area contributed by atoms with Gasteiger partial charge in [-0.1, -0.05) is 176 Å². The molecule has 0 N–H and O–H groups in total. The first kappa shape index (κ1) is 40.9. The van der Waals surface area contributed by atoms with E-state index in [-0.39, 0.29) is 0 Å². The van der Waals surface area contributed by atoms with Gasteiger partial charge in [0.1, 0.15) is 5.58 Å². The number of rotatable bonds is 10. The van der Waals surface area contributed by atoms with Crippen molar-refractivity contribution in [2.75, 3.05) is 9.80 Å². The van der Waals surface area contributed by atoms with Crippen molar-refractivity contribution in [1.82, 2.24) is 4.57 Å². The normalized spacial score (nSPS) is 11.4. The number of hydrogen-bond donors (Lipinski definition) is 0. The van der Waals surface area contributed by atoms with E-state index >= 15 is 0 Å². The molecule has 0 saturated heterocycles. The van der Waals surface area contributed by atoms with Crippen LogP contribution in [0.3, 0.4) is 0 Å². The van der Waals surface area contributed by atoms with E-state index in [1.54, 1.807) is 0 Å². The van der Waals surface area contributed by atoms with E-state index in [0.29, 0.717) is 0 Å². The maximum Gasteiger partial charge on any atom is 0.159 e. The highest BCUT2D eigenvalue weighted by Gasteiger charge is 2.21. The maximum absolute atomic E-state index is 6.63. The summed E-state index contributed by atoms with van der Waals surface area (Å²) in [7, 11) is 0. The van der Waals surface area contributed by atoms with E-state index < -0.39 is 0 Å². The summed E-state index contributed by atoms with van der Waals surface area (Å²) in [5.74, 6) is 0. The van der Waals surface area contributed by atoms with Crippen LogP contribution in [0, 0.1) is 0 Å². The molecule has 0 unspecified atom stereocenters. The third-order valence-electron chi connectivity index (χ3n) is 13.6. The molecule has 0 aliphatic rings. The number of benzene rings is 11. The van der Waals surface area contributed by atoms with Gasteiger partial charge < -0.3 is 18.8 Å². The third-order valence-corrected chi connectivity index (χ3v) is 13.6. The zero-order chi connectivity index (χ0) is 46.4. The Morgan fingerprint density at radius 2 is 0.686 bits per heavy atom. The Morgan fingerprint density at radius 3 is 1.24 bits per heavy atom. The predicted octanol–water partition coefficient (Wildman–Crippen LogP) is 18.6. The lowest BCUT2D eigenvalue weighted by molar-refractivity contribution is 0.669. The second-order valence-corrected chi connectivity index (χ2v) is 17.7. The van der Waals surface area contributed by atoms with Crippen molar-refractivity contribution >= 4 is 77.9 Å². The van der Waals surface area contributed by atoms with Gasteiger partial charge in [-0.25, -0.2) is 0 Å². The molecule has 0 fully saturated rings. The van der Waals surface area contributed by atoms with Crippen LogP contribution < -0.4 is 9.80 Å². The molecule has 0 saturated carbocycles. The molecule has 0 bridgehead atoms. The van der Waals surface area contributed by atoms with Crippen LogP contribution in [-0.4, -0.2) is 4.57 Å². The third kappa shape index (κ3) is 7.27. The Hall–Kier alpha value is -9.38. The molecule has 2 heterocycles. The largest absolute Gasteiger partial charge is 0.454 e. The van der Waals surface area contributed by atoms with Crippen LogP contribution in [0.15, 0.2) is 277 Å². The molecule has 0 aliphatic carbocycles. The molecule has 0 amide bonds. The summed E-state index contributed by atoms with van der Waals surface area (Å²) in [6.45, 7) is 0. The Morgan fingerprint density at radius 1 is 0.271 bits per heavy atom. The molecule has 4 heteroatoms. The fourth-order valence-corrected chi connectivity index (χ4v) is 10.2. The summed E-state index contributed by atoms with van der Waals surface area (Å²) in [5.41, 5.74) is 18.5. The summed E-state index contributed by atoms with van der Waals surface area (Å²) in [6, 6.07) is 97.7. The minimum atomic E-state index is 0.857. The van der Waals surface area contributed by atoms with Gasteiger partial charge in [-0.2, -0.15) is 0 Å². The minimum absolute atomic E-state index is 0.857. The smallest absolute Gasteiger partial charge is 0.159 e. The van der Waals surface area contributed by atoms with E-state index in [1.807, 2.05) is 12.1 Å². The molecule has 13 aromatic rings. The molecule has 13 rings (SSSR count). The van der Waals surface area contributed by atoms with Crippen molar-refractivity contribution in [3.8, 4) is 39.1 Å². The average molecular weight is 896 g/mol. The fourth-order valence-electron chi connectivity index (χ4n) is 10.2. The lowest BCUT2D eigenvalue weighted by Gasteiger charge is -2.26. The number of nitrogens with zero attached hydrogens (tertiary/aromatic N) is 3. The SMILES string of the molecule is c1ccc(-c2ccc(N(c3ccc(-c4ccc(N(c5ccc(-c6ccccc6)cc5)c5cccc6c5oc5ccccc56)cc4)cc3)c3ccc4c(c3)c3ccccc3n4-c3ccccc3)cc2)cc1. The Kier molecular flexibility index (Phi) is 10.1. The number of para-hydroxylation sites is 4. The zero-order valence-corrected chi connectivity index (χ0v) is 38.2. The number of aromatic nitrogens is 1. The molecule has 2 aromatic heterocycles. The van der Waals surface area contributed by atoms with Crippen LogP contribution in [0.25, 0.3) is 82.8 Å². The zero-order valence-electron chi connectivity index (χ0n) is 38.2. The summed E-state index contributed by atoms with van der Waals surface area (Å²) in [4.78, 5) is 4.68. The molecule has 4 nitrogen and oxygen atoms in total. The molecular formula is C66H45N3O. The van der Waals surface area contributed by atoms with Gasteiger partial charge >= 0.3 is 0 Å². The van der Waals surface area contributed by atoms with Gasteiger partial charge in [0.05, 0.1) is 16.7 Å². The van der Waals surface area contributed by atoms with Gasteiger partial charge in [0.2, 0.25) is 0 Å². The van der Waals surface area contributed by atoms with E-state index in [2.05, 4.69) is 275 Å². The van der Waals surface area contributed by atoms with Crippen molar-refractivity contribution < 1.29 is 4.42 Å². The summed E-state index contributed by atoms with van der Waals surface area (Å²) in [5, 5.41) is 4.63. The molecule has 70 heavy (non-hydrogen) atoms. The summed E-state index contributed by atoms with van der Waals surface area (Å²) in [6.07, 6.45) is 0. The quantitative estimate of drug-likeness (QED) is 0.137. The Labute approximate surface area is 406 Å². The van der Waals surface area contributed by atoms with Crippen molar-refractivity contribution in [2.24, 2.45) is 0 Å². The van der Waals surface area contributed by atoms with Crippen LogP contribution >= 0.6 is 0 Å². The van der Waals surface area contributed by atoms with Crippen LogP contribution in [0.1, 0.15) is 0 Å². The lowest BCUT2D eigenvalue weighted by Crippen LogP contribution is -2.10. The second-order valence-electron chi connectivity index (χ2n) is 17.7. The monoisotopic (exact) mass is 895 g/mol. The van der Waals surface area contributed by atoms with Crippen molar-refractivity contribution in [3.63, 3.8) is 0 Å². The van der Waals surface area contributed by atoms with Gasteiger partial charge in [-0.15, -0.1) is 0 Å². The highest BCUT2D eigenvalue weighted by molar-refractivity contribution is 6.11. The second kappa shape index (κ2) is 17.4. The summed E-state index contributed by atoms with van der Waals surface area (Å²) >= 11 is 0. The Bertz CT molecular complexity index is 3950. The minimum Gasteiger partial charge on any atom is -0.454 e. The molecular weight excluding hydrogens is 851 g/mol. The standard InChI is InChI=1S/C66H45N3O/c1-4-15-46(16-5-1)48-27-35-53(36-28-48)67(57-43-44-63-61(45-57)58-21-10-12-24-62(58)69(63)52-19-8-3-9-20-52)54-37-29-50(30-38-54)51-33-41-56(42-34-51)68(55-39-31-49(32-40-55)47-17-6-2-7-18-47)64-25-14-23-60-59-22-11-13-26-65(59)70-66(60)64/h1-45H.